The van der Waals surface area contributed by atoms with Gasteiger partial charge in [-0.25, -0.2) is 14.4 Å². The zero-order valence-electron chi connectivity index (χ0n) is 10.7. The molecular weight excluding hydrogens is 286 g/mol. The van der Waals surface area contributed by atoms with Crippen LogP contribution < -0.4 is 5.32 Å². The average molecular weight is 297 g/mol. The summed E-state index contributed by atoms with van der Waals surface area (Å²) >= 11 is 0. The third-order valence-corrected chi connectivity index (χ3v) is 3.35. The van der Waals surface area contributed by atoms with Gasteiger partial charge in [0.25, 0.3) is 0 Å². The monoisotopic (exact) mass is 297 g/mol. The molecule has 0 unspecified atom stereocenters. The first kappa shape index (κ1) is 13.8. The molecule has 0 radical (unpaired) electrons. The molecule has 1 N–H and O–H groups in total. The number of benzene rings is 1. The van der Waals surface area contributed by atoms with Crippen molar-refractivity contribution in [1.29, 1.82) is 0 Å². The minimum absolute atomic E-state index is 0.0288. The lowest BCUT2D eigenvalue weighted by Crippen LogP contribution is -2.13. The summed E-state index contributed by atoms with van der Waals surface area (Å²) in [6.07, 6.45) is -2.65. The van der Waals surface area contributed by atoms with E-state index in [0.717, 1.165) is 24.2 Å². The first-order valence-corrected chi connectivity index (χ1v) is 6.36. The molecular formula is C14H11F4N3. The van der Waals surface area contributed by atoms with E-state index < -0.39 is 11.9 Å². The van der Waals surface area contributed by atoms with Gasteiger partial charge in [0.15, 0.2) is 0 Å². The summed E-state index contributed by atoms with van der Waals surface area (Å²) in [4.78, 5) is 7.25. The quantitative estimate of drug-likeness (QED) is 0.880. The summed E-state index contributed by atoms with van der Waals surface area (Å²) in [5.74, 6) is -0.215. The minimum Gasteiger partial charge on any atom is -0.351 e. The number of anilines is 1. The molecule has 3 rings (SSSR count). The molecule has 21 heavy (non-hydrogen) atoms. The Labute approximate surface area is 118 Å². The standard InChI is InChI=1S/C14H11F4N3/c15-9-3-1-8(2-4-9)10-7-11(10)20-13-19-6-5-12(21-13)14(16,17)18/h1-6,10-11H,7H2,(H,19,20,21)/t10-,11+/m0/s1. The van der Waals surface area contributed by atoms with Gasteiger partial charge >= 0.3 is 6.18 Å². The van der Waals surface area contributed by atoms with Crippen LogP contribution in [0.4, 0.5) is 23.5 Å². The highest BCUT2D eigenvalue weighted by Crippen LogP contribution is 2.42. The van der Waals surface area contributed by atoms with E-state index in [1.54, 1.807) is 12.1 Å². The molecule has 1 aliphatic carbocycles. The van der Waals surface area contributed by atoms with Crippen molar-refractivity contribution in [1.82, 2.24) is 9.97 Å². The van der Waals surface area contributed by atoms with Crippen LogP contribution in [0.25, 0.3) is 0 Å². The fourth-order valence-electron chi connectivity index (χ4n) is 2.18. The zero-order chi connectivity index (χ0) is 15.0. The van der Waals surface area contributed by atoms with Gasteiger partial charge in [0, 0.05) is 18.2 Å². The Balaban J connectivity index is 1.68. The maximum Gasteiger partial charge on any atom is 0.433 e. The fourth-order valence-corrected chi connectivity index (χ4v) is 2.18. The van der Waals surface area contributed by atoms with Crippen molar-refractivity contribution in [2.45, 2.75) is 24.6 Å². The lowest BCUT2D eigenvalue weighted by molar-refractivity contribution is -0.141. The molecule has 2 atom stereocenters. The van der Waals surface area contributed by atoms with Crippen LogP contribution in [-0.2, 0) is 6.18 Å². The maximum atomic E-state index is 12.8. The Morgan fingerprint density at radius 1 is 1.10 bits per heavy atom. The van der Waals surface area contributed by atoms with Crippen molar-refractivity contribution in [2.24, 2.45) is 0 Å². The molecule has 2 aromatic rings. The van der Waals surface area contributed by atoms with Gasteiger partial charge in [-0.15, -0.1) is 0 Å². The predicted molar refractivity (Wildman–Crippen MR) is 68.2 cm³/mol. The molecule has 1 heterocycles. The van der Waals surface area contributed by atoms with Gasteiger partial charge in [-0.3, -0.25) is 0 Å². The molecule has 1 fully saturated rings. The number of nitrogens with one attached hydrogen (secondary N) is 1. The summed E-state index contributed by atoms with van der Waals surface area (Å²) < 4.78 is 50.5. The summed E-state index contributed by atoms with van der Waals surface area (Å²) in [5.41, 5.74) is -0.0279. The van der Waals surface area contributed by atoms with E-state index in [1.165, 1.54) is 12.1 Å². The van der Waals surface area contributed by atoms with Crippen LogP contribution in [0, 0.1) is 5.82 Å². The van der Waals surface area contributed by atoms with E-state index >= 15 is 0 Å². The summed E-state index contributed by atoms with van der Waals surface area (Å²) in [6.45, 7) is 0. The Morgan fingerprint density at radius 3 is 2.48 bits per heavy atom. The van der Waals surface area contributed by atoms with Crippen LogP contribution >= 0.6 is 0 Å². The lowest BCUT2D eigenvalue weighted by Gasteiger charge is -2.08. The van der Waals surface area contributed by atoms with Gasteiger partial charge in [0.2, 0.25) is 5.95 Å². The topological polar surface area (TPSA) is 37.8 Å². The minimum atomic E-state index is -4.49. The van der Waals surface area contributed by atoms with Crippen molar-refractivity contribution in [3.8, 4) is 0 Å². The number of rotatable bonds is 3. The number of hydrogen-bond donors (Lipinski definition) is 1. The number of alkyl halides is 3. The first-order chi connectivity index (χ1) is 9.93. The Morgan fingerprint density at radius 2 is 1.81 bits per heavy atom. The number of aromatic nitrogens is 2. The second-order valence-electron chi connectivity index (χ2n) is 4.91. The van der Waals surface area contributed by atoms with Crippen molar-refractivity contribution in [3.63, 3.8) is 0 Å². The van der Waals surface area contributed by atoms with E-state index in [9.17, 15) is 17.6 Å². The number of nitrogens with zero attached hydrogens (tertiary/aromatic N) is 2. The molecule has 0 aliphatic heterocycles. The lowest BCUT2D eigenvalue weighted by atomic mass is 10.1. The highest BCUT2D eigenvalue weighted by atomic mass is 19.4. The normalized spacial score (nSPS) is 21.1. The first-order valence-electron chi connectivity index (χ1n) is 6.36. The maximum absolute atomic E-state index is 12.8. The zero-order valence-corrected chi connectivity index (χ0v) is 10.7. The molecule has 0 bridgehead atoms. The third kappa shape index (κ3) is 3.12. The van der Waals surface area contributed by atoms with E-state index in [-0.39, 0.29) is 23.7 Å². The van der Waals surface area contributed by atoms with E-state index in [1.807, 2.05) is 0 Å². The molecule has 0 amide bonds. The van der Waals surface area contributed by atoms with Gasteiger partial charge in [0.1, 0.15) is 11.5 Å². The molecule has 3 nitrogen and oxygen atoms in total. The molecule has 0 spiro atoms. The van der Waals surface area contributed by atoms with Crippen molar-refractivity contribution in [2.75, 3.05) is 5.32 Å². The molecule has 0 saturated heterocycles. The molecule has 7 heteroatoms. The third-order valence-electron chi connectivity index (χ3n) is 3.35. The van der Waals surface area contributed by atoms with Crippen LogP contribution in [0.1, 0.15) is 23.6 Å². The van der Waals surface area contributed by atoms with Gasteiger partial charge in [-0.1, -0.05) is 12.1 Å². The van der Waals surface area contributed by atoms with Crippen LogP contribution in [0.5, 0.6) is 0 Å². The molecule has 1 aromatic heterocycles. The van der Waals surface area contributed by atoms with Crippen molar-refractivity contribution >= 4 is 5.95 Å². The predicted octanol–water partition coefficient (Wildman–Crippen LogP) is 3.60. The van der Waals surface area contributed by atoms with E-state index in [2.05, 4.69) is 15.3 Å². The number of halogens is 4. The van der Waals surface area contributed by atoms with E-state index in [4.69, 9.17) is 0 Å². The Bertz CT molecular complexity index is 639. The smallest absolute Gasteiger partial charge is 0.351 e. The fraction of sp³-hybridized carbons (Fsp3) is 0.286. The number of hydrogen-bond acceptors (Lipinski definition) is 3. The van der Waals surface area contributed by atoms with Crippen molar-refractivity contribution in [3.05, 3.63) is 53.6 Å². The molecule has 110 valence electrons. The van der Waals surface area contributed by atoms with Gasteiger partial charge in [-0.05, 0) is 30.2 Å². The largest absolute Gasteiger partial charge is 0.433 e. The van der Waals surface area contributed by atoms with Gasteiger partial charge in [-0.2, -0.15) is 13.2 Å². The van der Waals surface area contributed by atoms with Crippen molar-refractivity contribution < 1.29 is 17.6 Å². The van der Waals surface area contributed by atoms with Gasteiger partial charge in [0.05, 0.1) is 0 Å². The van der Waals surface area contributed by atoms with Crippen LogP contribution in [0.3, 0.4) is 0 Å². The molecule has 1 aromatic carbocycles. The second-order valence-corrected chi connectivity index (χ2v) is 4.91. The highest BCUT2D eigenvalue weighted by Gasteiger charge is 2.39. The molecule has 1 aliphatic rings. The second kappa shape index (κ2) is 4.98. The van der Waals surface area contributed by atoms with Crippen LogP contribution in [-0.4, -0.2) is 16.0 Å². The highest BCUT2D eigenvalue weighted by molar-refractivity contribution is 5.37. The van der Waals surface area contributed by atoms with E-state index in [0.29, 0.717) is 0 Å². The summed E-state index contributed by atoms with van der Waals surface area (Å²) in [5, 5.41) is 2.88. The summed E-state index contributed by atoms with van der Waals surface area (Å²) in [6, 6.07) is 6.88. The Kier molecular flexibility index (Phi) is 3.27. The summed E-state index contributed by atoms with van der Waals surface area (Å²) in [7, 11) is 0. The van der Waals surface area contributed by atoms with Crippen LogP contribution in [0.15, 0.2) is 36.5 Å². The molecule has 1 saturated carbocycles. The van der Waals surface area contributed by atoms with Gasteiger partial charge < -0.3 is 5.32 Å². The SMILES string of the molecule is Fc1ccc([C@@H]2C[C@H]2Nc2nccc(C(F)(F)F)n2)cc1. The van der Waals surface area contributed by atoms with Crippen LogP contribution in [0.2, 0.25) is 0 Å². The Hall–Kier alpha value is -2.18. The average Bonchev–Trinajstić information content (AvgIpc) is 3.18.